The van der Waals surface area contributed by atoms with Crippen LogP contribution in [0.5, 0.6) is 0 Å². The molecule has 2 N–H and O–H groups in total. The van der Waals surface area contributed by atoms with Crippen LogP contribution < -0.4 is 10.7 Å². The maximum absolute atomic E-state index is 12.5. The molecule has 5 nitrogen and oxygen atoms in total. The largest absolute Gasteiger partial charge is 0.340 e. The van der Waals surface area contributed by atoms with E-state index in [1.807, 2.05) is 32.0 Å². The number of nitrogens with zero attached hydrogens (tertiary/aromatic N) is 1. The molecule has 0 aliphatic heterocycles. The molecule has 0 saturated heterocycles. The van der Waals surface area contributed by atoms with Gasteiger partial charge >= 0.3 is 0 Å². The SMILES string of the molecule is CC(C)CC(NC(=O)c1ccccc1)C(=O)NN=C1CCCCC1. The molecular formula is C19H27N3O2. The highest BCUT2D eigenvalue weighted by atomic mass is 16.2. The Morgan fingerprint density at radius 2 is 1.75 bits per heavy atom. The molecule has 5 heteroatoms. The first-order valence-electron chi connectivity index (χ1n) is 8.77. The summed E-state index contributed by atoms with van der Waals surface area (Å²) in [5.74, 6) is -0.188. The van der Waals surface area contributed by atoms with Gasteiger partial charge in [0.05, 0.1) is 0 Å². The minimum atomic E-state index is -0.578. The lowest BCUT2D eigenvalue weighted by atomic mass is 9.99. The molecule has 1 fully saturated rings. The molecule has 1 unspecified atom stereocenters. The lowest BCUT2D eigenvalue weighted by molar-refractivity contribution is -0.123. The van der Waals surface area contributed by atoms with Crippen LogP contribution in [-0.2, 0) is 4.79 Å². The van der Waals surface area contributed by atoms with Gasteiger partial charge in [-0.1, -0.05) is 38.5 Å². The van der Waals surface area contributed by atoms with E-state index in [2.05, 4.69) is 15.8 Å². The fourth-order valence-electron chi connectivity index (χ4n) is 2.82. The molecule has 2 rings (SSSR count). The van der Waals surface area contributed by atoms with Crippen LogP contribution in [-0.4, -0.2) is 23.6 Å². The molecule has 2 amide bonds. The Bertz CT molecular complexity index is 574. The van der Waals surface area contributed by atoms with E-state index in [1.54, 1.807) is 12.1 Å². The minimum absolute atomic E-state index is 0.235. The molecular weight excluding hydrogens is 302 g/mol. The molecule has 24 heavy (non-hydrogen) atoms. The Balaban J connectivity index is 1.98. The molecule has 130 valence electrons. The number of carbonyl (C=O) groups excluding carboxylic acids is 2. The molecule has 1 atom stereocenters. The summed E-state index contributed by atoms with van der Waals surface area (Å²) in [6, 6.07) is 8.37. The van der Waals surface area contributed by atoms with Gasteiger partial charge in [0.2, 0.25) is 0 Å². The monoisotopic (exact) mass is 329 g/mol. The second kappa shape index (κ2) is 9.21. The van der Waals surface area contributed by atoms with Gasteiger partial charge in [0.1, 0.15) is 6.04 Å². The summed E-state index contributed by atoms with van der Waals surface area (Å²) >= 11 is 0. The Hall–Kier alpha value is -2.17. The van der Waals surface area contributed by atoms with Gasteiger partial charge in [0.15, 0.2) is 0 Å². The summed E-state index contributed by atoms with van der Waals surface area (Å²) in [5, 5.41) is 7.09. The molecule has 1 aromatic rings. The van der Waals surface area contributed by atoms with Crippen LogP contribution in [0.25, 0.3) is 0 Å². The predicted molar refractivity (Wildman–Crippen MR) is 95.8 cm³/mol. The predicted octanol–water partition coefficient (Wildman–Crippen LogP) is 3.27. The zero-order valence-electron chi connectivity index (χ0n) is 14.5. The maximum Gasteiger partial charge on any atom is 0.262 e. The van der Waals surface area contributed by atoms with Crippen molar-refractivity contribution >= 4 is 17.5 Å². The van der Waals surface area contributed by atoms with E-state index >= 15 is 0 Å². The van der Waals surface area contributed by atoms with Gasteiger partial charge in [0.25, 0.3) is 11.8 Å². The van der Waals surface area contributed by atoms with Crippen molar-refractivity contribution in [1.29, 1.82) is 0 Å². The van der Waals surface area contributed by atoms with Gasteiger partial charge < -0.3 is 5.32 Å². The average molecular weight is 329 g/mol. The summed E-state index contributed by atoms with van der Waals surface area (Å²) in [5.41, 5.74) is 4.25. The van der Waals surface area contributed by atoms with Crippen LogP contribution in [0.15, 0.2) is 35.4 Å². The van der Waals surface area contributed by atoms with E-state index in [0.29, 0.717) is 17.9 Å². The van der Waals surface area contributed by atoms with E-state index in [4.69, 9.17) is 0 Å². The first-order chi connectivity index (χ1) is 11.6. The van der Waals surface area contributed by atoms with E-state index in [9.17, 15) is 9.59 Å². The Kier molecular flexibility index (Phi) is 6.97. The fourth-order valence-corrected chi connectivity index (χ4v) is 2.82. The third-order valence-electron chi connectivity index (χ3n) is 4.12. The summed E-state index contributed by atoms with van der Waals surface area (Å²) in [7, 11) is 0. The zero-order valence-corrected chi connectivity index (χ0v) is 14.5. The number of hydrogen-bond acceptors (Lipinski definition) is 3. The quantitative estimate of drug-likeness (QED) is 0.786. The van der Waals surface area contributed by atoms with Gasteiger partial charge in [-0.2, -0.15) is 5.10 Å². The minimum Gasteiger partial charge on any atom is -0.340 e. The van der Waals surface area contributed by atoms with Gasteiger partial charge in [0, 0.05) is 11.3 Å². The van der Waals surface area contributed by atoms with Gasteiger partial charge in [-0.25, -0.2) is 5.43 Å². The highest BCUT2D eigenvalue weighted by Gasteiger charge is 2.22. The lowest BCUT2D eigenvalue weighted by Gasteiger charge is -2.20. The number of carbonyl (C=O) groups is 2. The number of benzene rings is 1. The van der Waals surface area contributed by atoms with Crippen LogP contribution in [0.2, 0.25) is 0 Å². The molecule has 0 spiro atoms. The smallest absolute Gasteiger partial charge is 0.262 e. The molecule has 0 heterocycles. The maximum atomic E-state index is 12.5. The highest BCUT2D eigenvalue weighted by molar-refractivity contribution is 5.97. The van der Waals surface area contributed by atoms with Crippen molar-refractivity contribution in [3.63, 3.8) is 0 Å². The third-order valence-corrected chi connectivity index (χ3v) is 4.12. The molecule has 1 saturated carbocycles. The average Bonchev–Trinajstić information content (AvgIpc) is 2.60. The Morgan fingerprint density at radius 3 is 2.38 bits per heavy atom. The van der Waals surface area contributed by atoms with Crippen LogP contribution >= 0.6 is 0 Å². The van der Waals surface area contributed by atoms with E-state index < -0.39 is 6.04 Å². The van der Waals surface area contributed by atoms with Crippen LogP contribution in [0.1, 0.15) is 62.7 Å². The topological polar surface area (TPSA) is 70.6 Å². The number of amides is 2. The van der Waals surface area contributed by atoms with Crippen molar-refractivity contribution in [1.82, 2.24) is 10.7 Å². The Morgan fingerprint density at radius 1 is 1.08 bits per heavy atom. The molecule has 1 aliphatic rings. The number of rotatable bonds is 6. The molecule has 1 aromatic carbocycles. The summed E-state index contributed by atoms with van der Waals surface area (Å²) in [6.45, 7) is 4.06. The van der Waals surface area contributed by atoms with Crippen molar-refractivity contribution in [2.24, 2.45) is 11.0 Å². The fraction of sp³-hybridized carbons (Fsp3) is 0.526. The van der Waals surface area contributed by atoms with Crippen LogP contribution in [0.3, 0.4) is 0 Å². The normalized spacial score (nSPS) is 15.7. The first-order valence-corrected chi connectivity index (χ1v) is 8.77. The van der Waals surface area contributed by atoms with E-state index in [1.165, 1.54) is 6.42 Å². The molecule has 0 radical (unpaired) electrons. The van der Waals surface area contributed by atoms with Crippen molar-refractivity contribution in [3.8, 4) is 0 Å². The second-order valence-corrected chi connectivity index (χ2v) is 6.74. The number of nitrogens with one attached hydrogen (secondary N) is 2. The van der Waals surface area contributed by atoms with Crippen molar-refractivity contribution < 1.29 is 9.59 Å². The van der Waals surface area contributed by atoms with Crippen LogP contribution in [0, 0.1) is 5.92 Å². The molecule has 0 aromatic heterocycles. The number of hydrazone groups is 1. The third kappa shape index (κ3) is 5.80. The van der Waals surface area contributed by atoms with E-state index in [0.717, 1.165) is 31.4 Å². The summed E-state index contributed by atoms with van der Waals surface area (Å²) < 4.78 is 0. The van der Waals surface area contributed by atoms with Gasteiger partial charge in [-0.3, -0.25) is 9.59 Å². The van der Waals surface area contributed by atoms with Gasteiger partial charge in [-0.05, 0) is 50.2 Å². The number of hydrogen-bond donors (Lipinski definition) is 2. The van der Waals surface area contributed by atoms with E-state index in [-0.39, 0.29) is 11.8 Å². The summed E-state index contributed by atoms with van der Waals surface area (Å²) in [4.78, 5) is 24.8. The molecule has 0 bridgehead atoms. The van der Waals surface area contributed by atoms with Crippen molar-refractivity contribution in [2.75, 3.05) is 0 Å². The lowest BCUT2D eigenvalue weighted by Crippen LogP contribution is -2.46. The first kappa shape index (κ1) is 18.2. The standard InChI is InChI=1S/C19H27N3O2/c1-14(2)13-17(20-18(23)15-9-5-3-6-10-15)19(24)22-21-16-11-7-4-8-12-16/h3,5-6,9-10,14,17H,4,7-8,11-13H2,1-2H3,(H,20,23)(H,22,24). The molecule has 1 aliphatic carbocycles. The van der Waals surface area contributed by atoms with Crippen LogP contribution in [0.4, 0.5) is 0 Å². The van der Waals surface area contributed by atoms with Crippen molar-refractivity contribution in [3.05, 3.63) is 35.9 Å². The second-order valence-electron chi connectivity index (χ2n) is 6.74. The summed E-state index contributed by atoms with van der Waals surface area (Å²) in [6.07, 6.45) is 5.98. The van der Waals surface area contributed by atoms with Gasteiger partial charge in [-0.15, -0.1) is 0 Å². The van der Waals surface area contributed by atoms with Crippen molar-refractivity contribution in [2.45, 2.75) is 58.4 Å². The Labute approximate surface area is 143 Å². The highest BCUT2D eigenvalue weighted by Crippen LogP contribution is 2.14. The zero-order chi connectivity index (χ0) is 17.4.